The Kier molecular flexibility index (Phi) is 4.39. The Morgan fingerprint density at radius 3 is 2.33 bits per heavy atom. The Morgan fingerprint density at radius 2 is 1.83 bits per heavy atom. The molecule has 102 valence electrons. The van der Waals surface area contributed by atoms with Gasteiger partial charge in [0, 0.05) is 0 Å². The molecule has 0 spiro atoms. The van der Waals surface area contributed by atoms with Gasteiger partial charge in [0.2, 0.25) is 0 Å². The second-order valence-electron chi connectivity index (χ2n) is 3.98. The van der Waals surface area contributed by atoms with Crippen molar-refractivity contribution in [3.8, 4) is 0 Å². The molecule has 7 heteroatoms. The van der Waals surface area contributed by atoms with Gasteiger partial charge in [-0.1, -0.05) is 11.6 Å². The van der Waals surface area contributed by atoms with E-state index in [9.17, 15) is 21.6 Å². The zero-order valence-electron chi connectivity index (χ0n) is 9.91. The Hall–Kier alpha value is -1.08. The molecule has 0 bridgehead atoms. The second kappa shape index (κ2) is 5.27. The summed E-state index contributed by atoms with van der Waals surface area (Å²) in [5.74, 6) is 0. The van der Waals surface area contributed by atoms with Gasteiger partial charge in [0.15, 0.2) is 0 Å². The predicted octanol–water partition coefficient (Wildman–Crippen LogP) is 2.53. The molecule has 0 saturated heterocycles. The molecule has 3 nitrogen and oxygen atoms in total. The standard InChI is InChI=1S/C11H13F3O3S/c1-8-5-9(3-4-17-18(2,15)16)7-10(6-8)11(12,13)14/h5-7H,3-4H2,1-2H3. The fourth-order valence-corrected chi connectivity index (χ4v) is 1.87. The van der Waals surface area contributed by atoms with E-state index >= 15 is 0 Å². The highest BCUT2D eigenvalue weighted by Gasteiger charge is 2.30. The smallest absolute Gasteiger partial charge is 0.270 e. The summed E-state index contributed by atoms with van der Waals surface area (Å²) in [6.45, 7) is 1.38. The Morgan fingerprint density at radius 1 is 1.22 bits per heavy atom. The molecule has 0 saturated carbocycles. The van der Waals surface area contributed by atoms with Crippen LogP contribution in [0.5, 0.6) is 0 Å². The van der Waals surface area contributed by atoms with Gasteiger partial charge in [0.05, 0.1) is 18.4 Å². The third kappa shape index (κ3) is 5.05. The molecule has 1 rings (SSSR count). The maximum absolute atomic E-state index is 12.5. The summed E-state index contributed by atoms with van der Waals surface area (Å²) in [5, 5.41) is 0. The van der Waals surface area contributed by atoms with Crippen molar-refractivity contribution < 1.29 is 25.8 Å². The topological polar surface area (TPSA) is 43.4 Å². The van der Waals surface area contributed by atoms with Crippen molar-refractivity contribution in [2.45, 2.75) is 19.5 Å². The molecular weight excluding hydrogens is 269 g/mol. The van der Waals surface area contributed by atoms with Gasteiger partial charge in [-0.2, -0.15) is 21.6 Å². The minimum Gasteiger partial charge on any atom is -0.270 e. The largest absolute Gasteiger partial charge is 0.416 e. The molecule has 0 aliphatic heterocycles. The van der Waals surface area contributed by atoms with Gasteiger partial charge >= 0.3 is 6.18 Å². The molecule has 1 aromatic carbocycles. The third-order valence-corrected chi connectivity index (χ3v) is 2.75. The van der Waals surface area contributed by atoms with E-state index < -0.39 is 21.9 Å². The first-order valence-electron chi connectivity index (χ1n) is 5.10. The second-order valence-corrected chi connectivity index (χ2v) is 5.63. The normalized spacial score (nSPS) is 12.7. The highest BCUT2D eigenvalue weighted by molar-refractivity contribution is 7.85. The molecule has 0 N–H and O–H groups in total. The lowest BCUT2D eigenvalue weighted by molar-refractivity contribution is -0.137. The van der Waals surface area contributed by atoms with Crippen molar-refractivity contribution in [1.29, 1.82) is 0 Å². The van der Waals surface area contributed by atoms with Gasteiger partial charge in [-0.3, -0.25) is 4.18 Å². The zero-order chi connectivity index (χ0) is 14.0. The predicted molar refractivity (Wildman–Crippen MR) is 60.7 cm³/mol. The van der Waals surface area contributed by atoms with E-state index in [1.54, 1.807) is 13.0 Å². The number of hydrogen-bond acceptors (Lipinski definition) is 3. The molecular formula is C11H13F3O3S. The molecule has 0 heterocycles. The van der Waals surface area contributed by atoms with Gasteiger partial charge in [-0.05, 0) is 31.0 Å². The van der Waals surface area contributed by atoms with Crippen LogP contribution in [0.2, 0.25) is 0 Å². The fourth-order valence-electron chi connectivity index (χ4n) is 1.48. The van der Waals surface area contributed by atoms with E-state index in [4.69, 9.17) is 0 Å². The Bertz CT molecular complexity index is 521. The monoisotopic (exact) mass is 282 g/mol. The van der Waals surface area contributed by atoms with Crippen LogP contribution in [0.15, 0.2) is 18.2 Å². The maximum Gasteiger partial charge on any atom is 0.416 e. The average Bonchev–Trinajstić information content (AvgIpc) is 2.13. The number of halogens is 3. The van der Waals surface area contributed by atoms with E-state index in [0.29, 0.717) is 11.1 Å². The first-order valence-corrected chi connectivity index (χ1v) is 6.92. The lowest BCUT2D eigenvalue weighted by atomic mass is 10.0. The van der Waals surface area contributed by atoms with Crippen LogP contribution < -0.4 is 0 Å². The van der Waals surface area contributed by atoms with Gasteiger partial charge in [0.1, 0.15) is 0 Å². The molecule has 1 aromatic rings. The van der Waals surface area contributed by atoms with Crippen LogP contribution in [0, 0.1) is 6.92 Å². The SMILES string of the molecule is Cc1cc(CCOS(C)(=O)=O)cc(C(F)(F)F)c1. The summed E-state index contributed by atoms with van der Waals surface area (Å²) >= 11 is 0. The Labute approximate surface area is 104 Å². The summed E-state index contributed by atoms with van der Waals surface area (Å²) in [7, 11) is -3.57. The molecule has 0 amide bonds. The first-order chi connectivity index (χ1) is 8.08. The van der Waals surface area contributed by atoms with Crippen molar-refractivity contribution in [3.63, 3.8) is 0 Å². The summed E-state index contributed by atoms with van der Waals surface area (Å²) in [5.41, 5.74) is 0.127. The summed E-state index contributed by atoms with van der Waals surface area (Å²) in [4.78, 5) is 0. The molecule has 0 fully saturated rings. The van der Waals surface area contributed by atoms with Gasteiger partial charge < -0.3 is 0 Å². The number of alkyl halides is 3. The lowest BCUT2D eigenvalue weighted by Crippen LogP contribution is -2.09. The highest BCUT2D eigenvalue weighted by Crippen LogP contribution is 2.30. The van der Waals surface area contributed by atoms with Crippen molar-refractivity contribution in [2.24, 2.45) is 0 Å². The van der Waals surface area contributed by atoms with E-state index in [1.807, 2.05) is 0 Å². The minimum atomic E-state index is -4.40. The molecule has 0 aromatic heterocycles. The number of hydrogen-bond donors (Lipinski definition) is 0. The number of rotatable bonds is 4. The van der Waals surface area contributed by atoms with Crippen LogP contribution in [0.3, 0.4) is 0 Å². The lowest BCUT2D eigenvalue weighted by Gasteiger charge is -2.10. The zero-order valence-corrected chi connectivity index (χ0v) is 10.7. The fraction of sp³-hybridized carbons (Fsp3) is 0.455. The van der Waals surface area contributed by atoms with Gasteiger partial charge in [-0.25, -0.2) is 0 Å². The average molecular weight is 282 g/mol. The van der Waals surface area contributed by atoms with Crippen molar-refractivity contribution in [1.82, 2.24) is 0 Å². The van der Waals surface area contributed by atoms with E-state index in [0.717, 1.165) is 18.4 Å². The molecule has 0 unspecified atom stereocenters. The number of benzene rings is 1. The molecule has 18 heavy (non-hydrogen) atoms. The van der Waals surface area contributed by atoms with Gasteiger partial charge in [-0.15, -0.1) is 0 Å². The van der Waals surface area contributed by atoms with Crippen molar-refractivity contribution >= 4 is 10.1 Å². The van der Waals surface area contributed by atoms with Crippen LogP contribution in [0.1, 0.15) is 16.7 Å². The van der Waals surface area contributed by atoms with Crippen LogP contribution in [0.4, 0.5) is 13.2 Å². The minimum absolute atomic E-state index is 0.109. The summed E-state index contributed by atoms with van der Waals surface area (Å²) in [6.07, 6.45) is -3.40. The molecule has 0 atom stereocenters. The summed E-state index contributed by atoms with van der Waals surface area (Å²) < 4.78 is 63.5. The highest BCUT2D eigenvalue weighted by atomic mass is 32.2. The van der Waals surface area contributed by atoms with Crippen LogP contribution in [-0.4, -0.2) is 21.3 Å². The molecule has 0 radical (unpaired) electrons. The van der Waals surface area contributed by atoms with Crippen molar-refractivity contribution in [3.05, 3.63) is 34.9 Å². The van der Waals surface area contributed by atoms with Crippen LogP contribution in [0.25, 0.3) is 0 Å². The van der Waals surface area contributed by atoms with E-state index in [2.05, 4.69) is 4.18 Å². The molecule has 0 aliphatic rings. The van der Waals surface area contributed by atoms with Crippen molar-refractivity contribution in [2.75, 3.05) is 12.9 Å². The number of aryl methyl sites for hydroxylation is 1. The Balaban J connectivity index is 2.81. The van der Waals surface area contributed by atoms with Crippen LogP contribution >= 0.6 is 0 Å². The maximum atomic E-state index is 12.5. The molecule has 0 aliphatic carbocycles. The first kappa shape index (κ1) is 15.0. The quantitative estimate of drug-likeness (QED) is 0.797. The van der Waals surface area contributed by atoms with Gasteiger partial charge in [0.25, 0.3) is 10.1 Å². The third-order valence-electron chi connectivity index (χ3n) is 2.15. The summed E-state index contributed by atoms with van der Waals surface area (Å²) in [6, 6.07) is 3.61. The van der Waals surface area contributed by atoms with Crippen LogP contribution in [-0.2, 0) is 26.9 Å². The van der Waals surface area contributed by atoms with E-state index in [1.165, 1.54) is 0 Å². The van der Waals surface area contributed by atoms with E-state index in [-0.39, 0.29) is 13.0 Å².